The number of aromatic nitrogens is 5. The lowest BCUT2D eigenvalue weighted by atomic mass is 10.1. The Morgan fingerprint density at radius 3 is 2.77 bits per heavy atom. The predicted molar refractivity (Wildman–Crippen MR) is 88.6 cm³/mol. The van der Waals surface area contributed by atoms with Crippen LogP contribution in [0.1, 0.15) is 17.1 Å². The standard InChI is InChI=1S/C16H18N6/c1-5-13(10-21-9-7-18-12(21)3)14-6-8-22-15(14)11(2)19-16(17-4)20-22/h5-10H,1H2,2-4H3,(H,17,20)/b13-10+. The molecule has 0 saturated carbocycles. The summed E-state index contributed by atoms with van der Waals surface area (Å²) in [7, 11) is 1.81. The van der Waals surface area contributed by atoms with E-state index < -0.39 is 0 Å². The minimum atomic E-state index is 0.599. The van der Waals surface area contributed by atoms with Gasteiger partial charge >= 0.3 is 0 Å². The van der Waals surface area contributed by atoms with Crippen molar-refractivity contribution in [3.63, 3.8) is 0 Å². The average Bonchev–Trinajstić information content (AvgIpc) is 3.11. The van der Waals surface area contributed by atoms with E-state index in [2.05, 4.69) is 27.0 Å². The Kier molecular flexibility index (Phi) is 3.50. The molecule has 0 fully saturated rings. The number of nitrogens with one attached hydrogen (secondary N) is 1. The molecule has 3 rings (SSSR count). The van der Waals surface area contributed by atoms with E-state index in [9.17, 15) is 0 Å². The van der Waals surface area contributed by atoms with E-state index >= 15 is 0 Å². The number of allylic oxidation sites excluding steroid dienone is 2. The Labute approximate surface area is 128 Å². The molecule has 0 saturated heterocycles. The number of hydrogen-bond acceptors (Lipinski definition) is 4. The predicted octanol–water partition coefficient (Wildman–Crippen LogP) is 2.77. The quantitative estimate of drug-likeness (QED) is 0.752. The van der Waals surface area contributed by atoms with Gasteiger partial charge in [-0.05, 0) is 19.9 Å². The third kappa shape index (κ3) is 2.28. The maximum absolute atomic E-state index is 4.46. The molecule has 1 N–H and O–H groups in total. The number of imidazole rings is 1. The summed E-state index contributed by atoms with van der Waals surface area (Å²) in [4.78, 5) is 8.69. The summed E-state index contributed by atoms with van der Waals surface area (Å²) in [5.74, 6) is 1.52. The topological polar surface area (TPSA) is 60.0 Å². The van der Waals surface area contributed by atoms with Gasteiger partial charge in [-0.3, -0.25) is 0 Å². The number of hydrogen-bond donors (Lipinski definition) is 1. The van der Waals surface area contributed by atoms with Crippen molar-refractivity contribution in [1.29, 1.82) is 0 Å². The Bertz CT molecular complexity index is 868. The third-order valence-electron chi connectivity index (χ3n) is 3.58. The van der Waals surface area contributed by atoms with Crippen LogP contribution in [0.2, 0.25) is 0 Å². The molecule has 0 aliphatic rings. The van der Waals surface area contributed by atoms with Gasteiger partial charge < -0.3 is 9.88 Å². The zero-order valence-corrected chi connectivity index (χ0v) is 12.9. The first kappa shape index (κ1) is 14.1. The Morgan fingerprint density at radius 1 is 1.32 bits per heavy atom. The largest absolute Gasteiger partial charge is 0.356 e. The van der Waals surface area contributed by atoms with Crippen LogP contribution in [0.3, 0.4) is 0 Å². The van der Waals surface area contributed by atoms with E-state index in [4.69, 9.17) is 0 Å². The molecule has 0 radical (unpaired) electrons. The van der Waals surface area contributed by atoms with Crippen LogP contribution in [0.5, 0.6) is 0 Å². The molecule has 6 nitrogen and oxygen atoms in total. The van der Waals surface area contributed by atoms with E-state index in [1.54, 1.807) is 6.20 Å². The monoisotopic (exact) mass is 294 g/mol. The lowest BCUT2D eigenvalue weighted by Gasteiger charge is -2.07. The Hall–Kier alpha value is -2.89. The average molecular weight is 294 g/mol. The van der Waals surface area contributed by atoms with Gasteiger partial charge in [0.2, 0.25) is 5.95 Å². The van der Waals surface area contributed by atoms with Crippen molar-refractivity contribution in [1.82, 2.24) is 24.1 Å². The van der Waals surface area contributed by atoms with Gasteiger partial charge in [0.1, 0.15) is 5.82 Å². The molecule has 6 heteroatoms. The van der Waals surface area contributed by atoms with Gasteiger partial charge in [-0.2, -0.15) is 0 Å². The molecule has 0 atom stereocenters. The summed E-state index contributed by atoms with van der Waals surface area (Å²) in [6.07, 6.45) is 9.46. The molecule has 22 heavy (non-hydrogen) atoms. The van der Waals surface area contributed by atoms with Crippen molar-refractivity contribution in [2.24, 2.45) is 0 Å². The van der Waals surface area contributed by atoms with E-state index in [0.717, 1.165) is 28.2 Å². The molecule has 112 valence electrons. The van der Waals surface area contributed by atoms with Crippen molar-refractivity contribution in [2.45, 2.75) is 13.8 Å². The lowest BCUT2D eigenvalue weighted by molar-refractivity contribution is 0.893. The highest BCUT2D eigenvalue weighted by molar-refractivity contribution is 5.90. The van der Waals surface area contributed by atoms with Crippen molar-refractivity contribution in [3.05, 3.63) is 54.4 Å². The fraction of sp³-hybridized carbons (Fsp3) is 0.188. The number of rotatable bonds is 4. The van der Waals surface area contributed by atoms with Crippen molar-refractivity contribution in [2.75, 3.05) is 12.4 Å². The minimum Gasteiger partial charge on any atom is -0.356 e. The first-order valence-corrected chi connectivity index (χ1v) is 7.02. The first-order chi connectivity index (χ1) is 10.6. The van der Waals surface area contributed by atoms with Crippen LogP contribution in [-0.4, -0.2) is 31.2 Å². The molecule has 0 aromatic carbocycles. The fourth-order valence-electron chi connectivity index (χ4n) is 2.45. The minimum absolute atomic E-state index is 0.599. The molecular formula is C16H18N6. The van der Waals surface area contributed by atoms with E-state index in [-0.39, 0.29) is 0 Å². The third-order valence-corrected chi connectivity index (χ3v) is 3.58. The van der Waals surface area contributed by atoms with Gasteiger partial charge in [-0.15, -0.1) is 5.10 Å². The second-order valence-electron chi connectivity index (χ2n) is 4.96. The first-order valence-electron chi connectivity index (χ1n) is 7.02. The van der Waals surface area contributed by atoms with Crippen LogP contribution in [0.15, 0.2) is 37.3 Å². The summed E-state index contributed by atoms with van der Waals surface area (Å²) in [5.41, 5.74) is 3.92. The fourth-order valence-corrected chi connectivity index (χ4v) is 2.45. The van der Waals surface area contributed by atoms with Crippen LogP contribution < -0.4 is 5.32 Å². The molecule has 0 spiro atoms. The molecule has 0 bridgehead atoms. The van der Waals surface area contributed by atoms with Crippen LogP contribution in [0.4, 0.5) is 5.95 Å². The molecule has 3 aromatic heterocycles. The molecular weight excluding hydrogens is 276 g/mol. The second kappa shape index (κ2) is 5.48. The number of nitrogens with zero attached hydrogens (tertiary/aromatic N) is 5. The summed E-state index contributed by atoms with van der Waals surface area (Å²) in [5, 5.41) is 7.39. The van der Waals surface area contributed by atoms with Gasteiger partial charge in [0.15, 0.2) is 0 Å². The molecule has 3 heterocycles. The maximum Gasteiger partial charge on any atom is 0.240 e. The molecule has 0 amide bonds. The molecule has 0 unspecified atom stereocenters. The summed E-state index contributed by atoms with van der Waals surface area (Å²) < 4.78 is 3.81. The van der Waals surface area contributed by atoms with Gasteiger partial charge in [-0.1, -0.05) is 12.7 Å². The van der Waals surface area contributed by atoms with Gasteiger partial charge in [-0.25, -0.2) is 14.5 Å². The van der Waals surface area contributed by atoms with Gasteiger partial charge in [0.25, 0.3) is 0 Å². The highest BCUT2D eigenvalue weighted by Crippen LogP contribution is 2.25. The van der Waals surface area contributed by atoms with Crippen LogP contribution in [0, 0.1) is 13.8 Å². The second-order valence-corrected chi connectivity index (χ2v) is 4.96. The van der Waals surface area contributed by atoms with Gasteiger partial charge in [0, 0.05) is 43.0 Å². The maximum atomic E-state index is 4.46. The number of aryl methyl sites for hydroxylation is 2. The summed E-state index contributed by atoms with van der Waals surface area (Å²) in [6, 6.07) is 2.02. The Balaban J connectivity index is 2.18. The zero-order valence-electron chi connectivity index (χ0n) is 12.9. The highest BCUT2D eigenvalue weighted by Gasteiger charge is 2.11. The molecule has 3 aromatic rings. The number of anilines is 1. The smallest absolute Gasteiger partial charge is 0.240 e. The highest BCUT2D eigenvalue weighted by atomic mass is 15.3. The van der Waals surface area contributed by atoms with E-state index in [0.29, 0.717) is 5.95 Å². The zero-order chi connectivity index (χ0) is 15.7. The molecule has 0 aliphatic heterocycles. The van der Waals surface area contributed by atoms with Crippen molar-refractivity contribution >= 4 is 23.2 Å². The SMILES string of the molecule is C=C/C(=C\n1ccnc1C)c1ccn2nc(NC)nc(C)c12. The van der Waals surface area contributed by atoms with Crippen molar-refractivity contribution in [3.8, 4) is 0 Å². The Morgan fingerprint density at radius 2 is 2.14 bits per heavy atom. The molecule has 0 aliphatic carbocycles. The normalized spacial score (nSPS) is 11.9. The van der Waals surface area contributed by atoms with Crippen LogP contribution >= 0.6 is 0 Å². The van der Waals surface area contributed by atoms with Gasteiger partial charge in [0.05, 0.1) is 11.2 Å². The van der Waals surface area contributed by atoms with Crippen LogP contribution in [0.25, 0.3) is 17.3 Å². The lowest BCUT2D eigenvalue weighted by Crippen LogP contribution is -2.04. The van der Waals surface area contributed by atoms with E-state index in [1.165, 1.54) is 0 Å². The summed E-state index contributed by atoms with van der Waals surface area (Å²) >= 11 is 0. The summed E-state index contributed by atoms with van der Waals surface area (Å²) in [6.45, 7) is 7.87. The van der Waals surface area contributed by atoms with Crippen LogP contribution in [-0.2, 0) is 0 Å². The van der Waals surface area contributed by atoms with E-state index in [1.807, 2.05) is 60.7 Å². The number of fused-ring (bicyclic) bond motifs is 1. The van der Waals surface area contributed by atoms with Crippen molar-refractivity contribution < 1.29 is 0 Å².